The van der Waals surface area contributed by atoms with Crippen LogP contribution in [0.1, 0.15) is 0 Å². The highest BCUT2D eigenvalue weighted by Crippen LogP contribution is 2.23. The number of aromatic nitrogens is 1. The molecule has 2 aromatic carbocycles. The minimum Gasteiger partial charge on any atom is -0.439 e. The molecule has 0 bridgehead atoms. The van der Waals surface area contributed by atoms with Crippen molar-refractivity contribution in [2.45, 2.75) is 0 Å². The van der Waals surface area contributed by atoms with Crippen molar-refractivity contribution < 1.29 is 4.74 Å². The average Bonchev–Trinajstić information content (AvgIpc) is 2.39. The normalized spacial score (nSPS) is 10.4. The van der Waals surface area contributed by atoms with E-state index in [-0.39, 0.29) is 0 Å². The number of para-hydroxylation sites is 1. The lowest BCUT2D eigenvalue weighted by molar-refractivity contribution is 0.465. The molecule has 3 nitrogen and oxygen atoms in total. The third kappa shape index (κ3) is 2.11. The van der Waals surface area contributed by atoms with Gasteiger partial charge in [0.2, 0.25) is 5.88 Å². The van der Waals surface area contributed by atoms with Gasteiger partial charge in [-0.05, 0) is 24.3 Å². The number of fused-ring (bicyclic) bond motifs is 1. The van der Waals surface area contributed by atoms with Crippen molar-refractivity contribution in [2.75, 3.05) is 5.73 Å². The van der Waals surface area contributed by atoms with Crippen molar-refractivity contribution in [1.82, 2.24) is 4.98 Å². The molecule has 3 rings (SSSR count). The molecule has 18 heavy (non-hydrogen) atoms. The summed E-state index contributed by atoms with van der Waals surface area (Å²) in [4.78, 5) is 4.44. The van der Waals surface area contributed by atoms with E-state index in [1.807, 2.05) is 54.6 Å². The summed E-state index contributed by atoms with van der Waals surface area (Å²) in [6, 6.07) is 19.1. The zero-order chi connectivity index (χ0) is 12.4. The minimum atomic E-state index is 0.569. The molecule has 88 valence electrons. The maximum absolute atomic E-state index is 5.70. The molecule has 3 heteroatoms. The summed E-state index contributed by atoms with van der Waals surface area (Å²) in [5, 5.41) is 1.09. The number of nitrogen functional groups attached to an aromatic ring is 1. The zero-order valence-corrected chi connectivity index (χ0v) is 9.71. The van der Waals surface area contributed by atoms with Crippen molar-refractivity contribution in [2.24, 2.45) is 0 Å². The first kappa shape index (κ1) is 10.6. The van der Waals surface area contributed by atoms with Crippen LogP contribution in [-0.2, 0) is 0 Å². The fourth-order valence-corrected chi connectivity index (χ4v) is 1.80. The fourth-order valence-electron chi connectivity index (χ4n) is 1.80. The van der Waals surface area contributed by atoms with Crippen LogP contribution in [0.15, 0.2) is 60.7 Å². The lowest BCUT2D eigenvalue weighted by Gasteiger charge is -2.06. The summed E-state index contributed by atoms with van der Waals surface area (Å²) in [5.74, 6) is 1.26. The molecule has 0 atom stereocenters. The molecule has 0 saturated heterocycles. The molecule has 1 heterocycles. The van der Waals surface area contributed by atoms with Gasteiger partial charge < -0.3 is 10.5 Å². The van der Waals surface area contributed by atoms with E-state index in [4.69, 9.17) is 10.5 Å². The van der Waals surface area contributed by atoms with Gasteiger partial charge >= 0.3 is 0 Å². The first-order valence-corrected chi connectivity index (χ1v) is 5.70. The number of benzene rings is 2. The van der Waals surface area contributed by atoms with Crippen LogP contribution < -0.4 is 10.5 Å². The highest BCUT2D eigenvalue weighted by molar-refractivity contribution is 5.78. The Labute approximate surface area is 105 Å². The van der Waals surface area contributed by atoms with Gasteiger partial charge in [-0.1, -0.05) is 24.3 Å². The highest BCUT2D eigenvalue weighted by atomic mass is 16.5. The molecule has 2 N–H and O–H groups in total. The SMILES string of the molecule is Nc1cccc(Oc2ccc3ccccc3n2)c1. The van der Waals surface area contributed by atoms with Crippen molar-refractivity contribution >= 4 is 16.6 Å². The largest absolute Gasteiger partial charge is 0.439 e. The molecule has 0 aliphatic carbocycles. The molecule has 0 amide bonds. The Morgan fingerprint density at radius 2 is 1.78 bits per heavy atom. The third-order valence-electron chi connectivity index (χ3n) is 2.65. The third-order valence-corrected chi connectivity index (χ3v) is 2.65. The molecule has 0 saturated carbocycles. The predicted molar refractivity (Wildman–Crippen MR) is 72.7 cm³/mol. The number of hydrogen-bond donors (Lipinski definition) is 1. The van der Waals surface area contributed by atoms with Crippen LogP contribution in [0.4, 0.5) is 5.69 Å². The topological polar surface area (TPSA) is 48.1 Å². The van der Waals surface area contributed by atoms with Crippen LogP contribution in [0.2, 0.25) is 0 Å². The van der Waals surface area contributed by atoms with E-state index in [2.05, 4.69) is 4.98 Å². The second-order valence-corrected chi connectivity index (χ2v) is 4.02. The number of hydrogen-bond acceptors (Lipinski definition) is 3. The van der Waals surface area contributed by atoms with Crippen molar-refractivity contribution in [1.29, 1.82) is 0 Å². The number of ether oxygens (including phenoxy) is 1. The van der Waals surface area contributed by atoms with Gasteiger partial charge in [0, 0.05) is 23.2 Å². The molecule has 3 aromatic rings. The van der Waals surface area contributed by atoms with Gasteiger partial charge in [0.1, 0.15) is 5.75 Å². The first-order chi connectivity index (χ1) is 8.81. The molecule has 0 unspecified atom stereocenters. The molecule has 0 aliphatic rings. The van der Waals surface area contributed by atoms with Crippen LogP contribution in [0.5, 0.6) is 11.6 Å². The van der Waals surface area contributed by atoms with Crippen molar-refractivity contribution in [3.8, 4) is 11.6 Å². The summed E-state index contributed by atoms with van der Waals surface area (Å²) in [6.45, 7) is 0. The first-order valence-electron chi connectivity index (χ1n) is 5.70. The molecule has 1 aromatic heterocycles. The maximum atomic E-state index is 5.70. The van der Waals surface area contributed by atoms with Gasteiger partial charge in [-0.15, -0.1) is 0 Å². The summed E-state index contributed by atoms with van der Waals surface area (Å²) in [6.07, 6.45) is 0. The van der Waals surface area contributed by atoms with Crippen LogP contribution in [0, 0.1) is 0 Å². The molecule has 0 aliphatic heterocycles. The standard InChI is InChI=1S/C15H12N2O/c16-12-5-3-6-13(10-12)18-15-9-8-11-4-1-2-7-14(11)17-15/h1-10H,16H2. The van der Waals surface area contributed by atoms with E-state index >= 15 is 0 Å². The van der Waals surface area contributed by atoms with Gasteiger partial charge in [0.05, 0.1) is 5.52 Å². The summed E-state index contributed by atoms with van der Waals surface area (Å²) < 4.78 is 5.68. The predicted octanol–water partition coefficient (Wildman–Crippen LogP) is 3.61. The number of nitrogens with zero attached hydrogens (tertiary/aromatic N) is 1. The average molecular weight is 236 g/mol. The number of rotatable bonds is 2. The van der Waals surface area contributed by atoms with Gasteiger partial charge in [-0.2, -0.15) is 0 Å². The van der Waals surface area contributed by atoms with Crippen LogP contribution in [0.3, 0.4) is 0 Å². The quantitative estimate of drug-likeness (QED) is 0.691. The molecule has 0 radical (unpaired) electrons. The van der Waals surface area contributed by atoms with E-state index in [1.54, 1.807) is 6.07 Å². The highest BCUT2D eigenvalue weighted by Gasteiger charge is 2.00. The lowest BCUT2D eigenvalue weighted by Crippen LogP contribution is -1.90. The minimum absolute atomic E-state index is 0.569. The number of nitrogens with two attached hydrogens (primary N) is 1. The Morgan fingerprint density at radius 3 is 2.67 bits per heavy atom. The summed E-state index contributed by atoms with van der Waals surface area (Å²) in [7, 11) is 0. The van der Waals surface area contributed by atoms with E-state index in [0.717, 1.165) is 10.9 Å². The Kier molecular flexibility index (Phi) is 2.57. The van der Waals surface area contributed by atoms with Crippen molar-refractivity contribution in [3.05, 3.63) is 60.7 Å². The summed E-state index contributed by atoms with van der Waals surface area (Å²) >= 11 is 0. The second-order valence-electron chi connectivity index (χ2n) is 4.02. The van der Waals surface area contributed by atoms with Crippen LogP contribution >= 0.6 is 0 Å². The monoisotopic (exact) mass is 236 g/mol. The number of anilines is 1. The Bertz CT molecular complexity index is 695. The number of pyridine rings is 1. The van der Waals surface area contributed by atoms with Gasteiger partial charge in [0.25, 0.3) is 0 Å². The van der Waals surface area contributed by atoms with E-state index < -0.39 is 0 Å². The second kappa shape index (κ2) is 4.37. The van der Waals surface area contributed by atoms with E-state index in [0.29, 0.717) is 17.3 Å². The van der Waals surface area contributed by atoms with Crippen LogP contribution in [-0.4, -0.2) is 4.98 Å². The van der Waals surface area contributed by atoms with Gasteiger partial charge in [0.15, 0.2) is 0 Å². The van der Waals surface area contributed by atoms with Crippen LogP contribution in [0.25, 0.3) is 10.9 Å². The molecule has 0 fully saturated rings. The zero-order valence-electron chi connectivity index (χ0n) is 9.71. The summed E-state index contributed by atoms with van der Waals surface area (Å²) in [5.41, 5.74) is 7.29. The van der Waals surface area contributed by atoms with Crippen molar-refractivity contribution in [3.63, 3.8) is 0 Å². The van der Waals surface area contributed by atoms with Gasteiger partial charge in [-0.25, -0.2) is 4.98 Å². The molecule has 0 spiro atoms. The molecular formula is C15H12N2O. The lowest BCUT2D eigenvalue weighted by atomic mass is 10.2. The van der Waals surface area contributed by atoms with E-state index in [1.165, 1.54) is 0 Å². The Balaban J connectivity index is 1.95. The van der Waals surface area contributed by atoms with E-state index in [9.17, 15) is 0 Å². The molecular weight excluding hydrogens is 224 g/mol. The smallest absolute Gasteiger partial charge is 0.219 e. The maximum Gasteiger partial charge on any atom is 0.219 e. The Morgan fingerprint density at radius 1 is 0.889 bits per heavy atom. The van der Waals surface area contributed by atoms with Gasteiger partial charge in [-0.3, -0.25) is 0 Å². The fraction of sp³-hybridized carbons (Fsp3) is 0. The Hall–Kier alpha value is -2.55.